The number of benzene rings is 1. The van der Waals surface area contributed by atoms with Crippen LogP contribution in [0.1, 0.15) is 23.6 Å². The predicted octanol–water partition coefficient (Wildman–Crippen LogP) is 3.31. The first kappa shape index (κ1) is 17.1. The van der Waals surface area contributed by atoms with Crippen molar-refractivity contribution in [2.45, 2.75) is 25.2 Å². The summed E-state index contributed by atoms with van der Waals surface area (Å²) >= 11 is 3.12. The van der Waals surface area contributed by atoms with E-state index in [4.69, 9.17) is 0 Å². The van der Waals surface area contributed by atoms with E-state index in [2.05, 4.69) is 30.4 Å². The second kappa shape index (κ2) is 7.81. The molecule has 1 atom stereocenters. The Labute approximate surface area is 139 Å². The molecule has 1 unspecified atom stereocenters. The topological polar surface area (TPSA) is 49.3 Å². The van der Waals surface area contributed by atoms with E-state index in [1.807, 2.05) is 22.9 Å². The van der Waals surface area contributed by atoms with Gasteiger partial charge < -0.3 is 10.4 Å². The lowest BCUT2D eigenvalue weighted by Gasteiger charge is -2.22. The maximum Gasteiger partial charge on any atom is 0.230 e. The molecule has 2 aromatic rings. The Balaban J connectivity index is 1.72. The lowest BCUT2D eigenvalue weighted by Crippen LogP contribution is -2.39. The molecule has 0 aliphatic rings. The first-order valence-corrected chi connectivity index (χ1v) is 9.22. The highest BCUT2D eigenvalue weighted by Crippen LogP contribution is 2.22. The second-order valence-corrected chi connectivity index (χ2v) is 7.31. The first-order valence-electron chi connectivity index (χ1n) is 7.12. The number of carbonyl (C=O) groups excluding carboxylic acids is 1. The molecule has 2 rings (SSSR count). The van der Waals surface area contributed by atoms with Gasteiger partial charge in [-0.25, -0.2) is 0 Å². The summed E-state index contributed by atoms with van der Waals surface area (Å²) in [6, 6.07) is 10.2. The molecule has 0 saturated carbocycles. The highest BCUT2D eigenvalue weighted by Gasteiger charge is 2.23. The van der Waals surface area contributed by atoms with Crippen molar-refractivity contribution in [3.8, 4) is 0 Å². The molecule has 22 heavy (non-hydrogen) atoms. The Hall–Kier alpha value is -1.30. The van der Waals surface area contributed by atoms with Gasteiger partial charge in [-0.05, 0) is 41.8 Å². The Morgan fingerprint density at radius 1 is 1.41 bits per heavy atom. The molecule has 0 saturated heterocycles. The van der Waals surface area contributed by atoms with Crippen LogP contribution in [-0.2, 0) is 16.1 Å². The molecule has 0 radical (unpaired) electrons. The van der Waals surface area contributed by atoms with Crippen LogP contribution in [0.2, 0.25) is 0 Å². The van der Waals surface area contributed by atoms with Crippen LogP contribution in [0.3, 0.4) is 0 Å². The van der Waals surface area contributed by atoms with Gasteiger partial charge in [-0.3, -0.25) is 4.79 Å². The molecular weight excluding hydrogens is 314 g/mol. The van der Waals surface area contributed by atoms with E-state index in [-0.39, 0.29) is 12.5 Å². The number of amides is 1. The van der Waals surface area contributed by atoms with E-state index in [1.54, 1.807) is 18.7 Å². The summed E-state index contributed by atoms with van der Waals surface area (Å²) in [5, 5.41) is 17.0. The quantitative estimate of drug-likeness (QED) is 0.816. The SMILES string of the molecule is Cc1cccc(CSCC(=O)NCC(C)(O)c2ccsc2)c1. The Kier molecular flexibility index (Phi) is 6.06. The first-order chi connectivity index (χ1) is 10.5. The second-order valence-electron chi connectivity index (χ2n) is 5.54. The number of aliphatic hydroxyl groups is 1. The number of carbonyl (C=O) groups is 1. The molecule has 3 nitrogen and oxygen atoms in total. The smallest absolute Gasteiger partial charge is 0.230 e. The normalized spacial score (nSPS) is 13.6. The van der Waals surface area contributed by atoms with E-state index in [0.717, 1.165) is 11.3 Å². The van der Waals surface area contributed by atoms with Crippen LogP contribution in [0.4, 0.5) is 0 Å². The molecule has 0 spiro atoms. The van der Waals surface area contributed by atoms with E-state index >= 15 is 0 Å². The van der Waals surface area contributed by atoms with E-state index in [1.165, 1.54) is 22.5 Å². The zero-order valence-corrected chi connectivity index (χ0v) is 14.5. The maximum absolute atomic E-state index is 11.9. The zero-order valence-electron chi connectivity index (χ0n) is 12.8. The number of hydrogen-bond acceptors (Lipinski definition) is 4. The fourth-order valence-corrected chi connectivity index (χ4v) is 3.65. The lowest BCUT2D eigenvalue weighted by molar-refractivity contribution is -0.119. The summed E-state index contributed by atoms with van der Waals surface area (Å²) < 4.78 is 0. The zero-order chi connectivity index (χ0) is 16.0. The molecular formula is C17H21NO2S2. The van der Waals surface area contributed by atoms with Gasteiger partial charge in [0.15, 0.2) is 0 Å². The predicted molar refractivity (Wildman–Crippen MR) is 94.2 cm³/mol. The average Bonchev–Trinajstić information content (AvgIpc) is 3.00. The average molecular weight is 335 g/mol. The van der Waals surface area contributed by atoms with Crippen molar-refractivity contribution in [2.24, 2.45) is 0 Å². The standard InChI is InChI=1S/C17H21NO2S2/c1-13-4-3-5-14(8-13)9-22-11-16(19)18-12-17(2,20)15-6-7-21-10-15/h3-8,10,20H,9,11-12H2,1-2H3,(H,18,19). The highest BCUT2D eigenvalue weighted by atomic mass is 32.2. The molecule has 0 bridgehead atoms. The molecule has 0 aliphatic carbocycles. The fourth-order valence-electron chi connectivity index (χ4n) is 2.06. The van der Waals surface area contributed by atoms with Crippen LogP contribution in [0.5, 0.6) is 0 Å². The summed E-state index contributed by atoms with van der Waals surface area (Å²) in [7, 11) is 0. The van der Waals surface area contributed by atoms with Crippen molar-refractivity contribution < 1.29 is 9.90 Å². The van der Waals surface area contributed by atoms with Crippen molar-refractivity contribution in [3.63, 3.8) is 0 Å². The molecule has 1 aromatic heterocycles. The van der Waals surface area contributed by atoms with Crippen LogP contribution in [0.15, 0.2) is 41.1 Å². The summed E-state index contributed by atoms with van der Waals surface area (Å²) in [6.45, 7) is 4.01. The monoisotopic (exact) mass is 335 g/mol. The minimum absolute atomic E-state index is 0.0480. The van der Waals surface area contributed by atoms with E-state index < -0.39 is 5.60 Å². The van der Waals surface area contributed by atoms with Crippen LogP contribution < -0.4 is 5.32 Å². The van der Waals surface area contributed by atoms with Crippen molar-refractivity contribution in [2.75, 3.05) is 12.3 Å². The summed E-state index contributed by atoms with van der Waals surface area (Å²) in [5.41, 5.74) is 2.28. The Bertz CT molecular complexity index is 609. The van der Waals surface area contributed by atoms with Gasteiger partial charge in [0.05, 0.1) is 12.3 Å². The van der Waals surface area contributed by atoms with Gasteiger partial charge in [0.2, 0.25) is 5.91 Å². The minimum atomic E-state index is -1.02. The van der Waals surface area contributed by atoms with Crippen molar-refractivity contribution >= 4 is 29.0 Å². The third kappa shape index (κ3) is 5.16. The third-order valence-electron chi connectivity index (χ3n) is 3.36. The van der Waals surface area contributed by atoms with Crippen molar-refractivity contribution in [1.82, 2.24) is 5.32 Å². The van der Waals surface area contributed by atoms with Gasteiger partial charge in [0, 0.05) is 5.75 Å². The molecule has 2 N–H and O–H groups in total. The van der Waals surface area contributed by atoms with Gasteiger partial charge >= 0.3 is 0 Å². The molecule has 1 aromatic carbocycles. The number of nitrogens with one attached hydrogen (secondary N) is 1. The lowest BCUT2D eigenvalue weighted by atomic mass is 9.99. The summed E-state index contributed by atoms with van der Waals surface area (Å²) in [6.07, 6.45) is 0. The van der Waals surface area contributed by atoms with Crippen molar-refractivity contribution in [3.05, 3.63) is 57.8 Å². The van der Waals surface area contributed by atoms with Gasteiger partial charge in [-0.2, -0.15) is 11.3 Å². The van der Waals surface area contributed by atoms with Gasteiger partial charge in [0.1, 0.15) is 5.60 Å². The molecule has 5 heteroatoms. The molecule has 0 aliphatic heterocycles. The summed E-state index contributed by atoms with van der Waals surface area (Å²) in [5.74, 6) is 1.16. The van der Waals surface area contributed by atoms with Crippen LogP contribution >= 0.6 is 23.1 Å². The van der Waals surface area contributed by atoms with E-state index in [9.17, 15) is 9.90 Å². The fraction of sp³-hybridized carbons (Fsp3) is 0.353. The summed E-state index contributed by atoms with van der Waals surface area (Å²) in [4.78, 5) is 11.9. The van der Waals surface area contributed by atoms with Crippen LogP contribution in [0, 0.1) is 6.92 Å². The Morgan fingerprint density at radius 2 is 2.23 bits per heavy atom. The molecule has 1 heterocycles. The molecule has 1 amide bonds. The molecule has 118 valence electrons. The number of rotatable bonds is 7. The van der Waals surface area contributed by atoms with Gasteiger partial charge in [-0.15, -0.1) is 11.8 Å². The van der Waals surface area contributed by atoms with Crippen molar-refractivity contribution in [1.29, 1.82) is 0 Å². The van der Waals surface area contributed by atoms with Gasteiger partial charge in [-0.1, -0.05) is 29.8 Å². The number of aryl methyl sites for hydroxylation is 1. The molecule has 0 fully saturated rings. The van der Waals surface area contributed by atoms with E-state index in [0.29, 0.717) is 5.75 Å². The highest BCUT2D eigenvalue weighted by molar-refractivity contribution is 7.99. The van der Waals surface area contributed by atoms with Crippen LogP contribution in [0.25, 0.3) is 0 Å². The number of thioether (sulfide) groups is 1. The Morgan fingerprint density at radius 3 is 2.91 bits per heavy atom. The largest absolute Gasteiger partial charge is 0.384 e. The van der Waals surface area contributed by atoms with Crippen LogP contribution in [-0.4, -0.2) is 23.3 Å². The minimum Gasteiger partial charge on any atom is -0.384 e. The third-order valence-corrected chi connectivity index (χ3v) is 5.04. The van der Waals surface area contributed by atoms with Gasteiger partial charge in [0.25, 0.3) is 0 Å². The maximum atomic E-state index is 11.9. The number of thiophene rings is 1. The number of hydrogen-bond donors (Lipinski definition) is 2.